The number of nitrogens with zero attached hydrogens (tertiary/aromatic N) is 3. The van der Waals surface area contributed by atoms with Crippen molar-refractivity contribution in [2.45, 2.75) is 25.5 Å². The standard InChI is InChI=1S/C22H26N6O3/c1-28-18-12-6-5-10-16(18)26-20(28)19(29)17(11-7-13-25-21(23)24)27-22(30)31-14-15-8-3-2-4-9-15/h2-6,8-10,12,17H,7,11,13-14H2,1H3,(H,27,30)(H4,23,24,25)/t17-/m0/s1. The first-order chi connectivity index (χ1) is 15.0. The molecule has 0 aliphatic rings. The normalized spacial score (nSPS) is 11.6. The summed E-state index contributed by atoms with van der Waals surface area (Å²) in [5.74, 6) is -0.0649. The van der Waals surface area contributed by atoms with Gasteiger partial charge in [-0.1, -0.05) is 42.5 Å². The molecule has 0 bridgehead atoms. The first-order valence-electron chi connectivity index (χ1n) is 9.94. The average molecular weight is 422 g/mol. The van der Waals surface area contributed by atoms with Gasteiger partial charge in [-0.05, 0) is 30.5 Å². The Morgan fingerprint density at radius 1 is 1.13 bits per heavy atom. The number of rotatable bonds is 9. The summed E-state index contributed by atoms with van der Waals surface area (Å²) in [4.78, 5) is 34.0. The predicted octanol–water partition coefficient (Wildman–Crippen LogP) is 2.10. The van der Waals surface area contributed by atoms with Crippen molar-refractivity contribution in [2.24, 2.45) is 23.5 Å². The number of carbonyl (C=O) groups excluding carboxylic acids is 2. The number of aliphatic imine (C=N–C) groups is 1. The molecule has 1 amide bonds. The smallest absolute Gasteiger partial charge is 0.408 e. The molecule has 0 aliphatic heterocycles. The van der Waals surface area contributed by atoms with Crippen LogP contribution in [0.5, 0.6) is 0 Å². The van der Waals surface area contributed by atoms with Crippen LogP contribution in [0.3, 0.4) is 0 Å². The second-order valence-corrected chi connectivity index (χ2v) is 7.05. The molecule has 0 aliphatic carbocycles. The van der Waals surface area contributed by atoms with Crippen LogP contribution >= 0.6 is 0 Å². The maximum atomic E-state index is 13.2. The SMILES string of the molecule is Cn1c(C(=O)[C@H](CCCN=C(N)N)NC(=O)OCc2ccccc2)nc2ccccc21. The third-order valence-corrected chi connectivity index (χ3v) is 4.77. The summed E-state index contributed by atoms with van der Waals surface area (Å²) in [6.45, 7) is 0.448. The maximum Gasteiger partial charge on any atom is 0.408 e. The van der Waals surface area contributed by atoms with E-state index in [1.54, 1.807) is 11.6 Å². The van der Waals surface area contributed by atoms with Gasteiger partial charge in [0.2, 0.25) is 5.78 Å². The Hall–Kier alpha value is -3.88. The zero-order valence-electron chi connectivity index (χ0n) is 17.3. The number of ketones is 1. The number of aromatic nitrogens is 2. The molecule has 162 valence electrons. The lowest BCUT2D eigenvalue weighted by molar-refractivity contribution is 0.0897. The summed E-state index contributed by atoms with van der Waals surface area (Å²) in [6, 6.07) is 15.9. The Balaban J connectivity index is 1.72. The van der Waals surface area contributed by atoms with Gasteiger partial charge in [0.05, 0.1) is 17.1 Å². The largest absolute Gasteiger partial charge is 0.445 e. The molecule has 5 N–H and O–H groups in total. The predicted molar refractivity (Wildman–Crippen MR) is 119 cm³/mol. The Labute approximate surface area is 180 Å². The van der Waals surface area contributed by atoms with Gasteiger partial charge in [0, 0.05) is 13.6 Å². The lowest BCUT2D eigenvalue weighted by atomic mass is 10.1. The number of Topliss-reactive ketones (excluding diaryl/α,β-unsaturated/α-hetero) is 1. The van der Waals surface area contributed by atoms with Crippen molar-refractivity contribution >= 4 is 28.9 Å². The fourth-order valence-corrected chi connectivity index (χ4v) is 3.20. The number of nitrogens with two attached hydrogens (primary N) is 2. The molecule has 9 nitrogen and oxygen atoms in total. The van der Waals surface area contributed by atoms with Crippen molar-refractivity contribution in [3.8, 4) is 0 Å². The summed E-state index contributed by atoms with van der Waals surface area (Å²) in [7, 11) is 1.77. The van der Waals surface area contributed by atoms with E-state index in [4.69, 9.17) is 16.2 Å². The van der Waals surface area contributed by atoms with Crippen LogP contribution in [0.1, 0.15) is 29.0 Å². The van der Waals surface area contributed by atoms with E-state index in [-0.39, 0.29) is 24.2 Å². The van der Waals surface area contributed by atoms with Crippen molar-refractivity contribution in [3.63, 3.8) is 0 Å². The van der Waals surface area contributed by atoms with Gasteiger partial charge in [-0.25, -0.2) is 9.78 Å². The van der Waals surface area contributed by atoms with Crippen LogP contribution in [0.4, 0.5) is 4.79 Å². The second kappa shape index (κ2) is 10.2. The van der Waals surface area contributed by atoms with Gasteiger partial charge >= 0.3 is 6.09 Å². The second-order valence-electron chi connectivity index (χ2n) is 7.05. The van der Waals surface area contributed by atoms with Crippen molar-refractivity contribution in [2.75, 3.05) is 6.54 Å². The van der Waals surface area contributed by atoms with E-state index in [1.807, 2.05) is 54.6 Å². The van der Waals surface area contributed by atoms with Crippen molar-refractivity contribution in [1.29, 1.82) is 0 Å². The van der Waals surface area contributed by atoms with E-state index < -0.39 is 12.1 Å². The Bertz CT molecular complexity index is 1070. The minimum atomic E-state index is -0.826. The van der Waals surface area contributed by atoms with E-state index in [9.17, 15) is 9.59 Å². The average Bonchev–Trinajstić information content (AvgIpc) is 3.11. The monoisotopic (exact) mass is 422 g/mol. The number of imidazole rings is 1. The number of guanidine groups is 1. The number of benzene rings is 2. The molecule has 2 aromatic carbocycles. The number of amides is 1. The molecule has 1 aromatic heterocycles. The summed E-state index contributed by atoms with van der Waals surface area (Å²) >= 11 is 0. The molecule has 1 atom stereocenters. The van der Waals surface area contributed by atoms with Crippen molar-refractivity contribution in [1.82, 2.24) is 14.9 Å². The molecule has 3 rings (SSSR count). The van der Waals surface area contributed by atoms with E-state index in [0.29, 0.717) is 24.9 Å². The van der Waals surface area contributed by atoms with Crippen LogP contribution in [0.15, 0.2) is 59.6 Å². The number of para-hydroxylation sites is 2. The molecule has 31 heavy (non-hydrogen) atoms. The van der Waals surface area contributed by atoms with Crippen molar-refractivity contribution < 1.29 is 14.3 Å². The Morgan fingerprint density at radius 3 is 2.55 bits per heavy atom. The van der Waals surface area contributed by atoms with Gasteiger partial charge < -0.3 is 26.1 Å². The van der Waals surface area contributed by atoms with Gasteiger partial charge in [0.25, 0.3) is 0 Å². The van der Waals surface area contributed by atoms with E-state index in [1.165, 1.54) is 0 Å². The highest BCUT2D eigenvalue weighted by Gasteiger charge is 2.26. The molecular weight excluding hydrogens is 396 g/mol. The number of hydrogen-bond acceptors (Lipinski definition) is 5. The summed E-state index contributed by atoms with van der Waals surface area (Å²) in [6.07, 6.45) is 0.152. The fraction of sp³-hybridized carbons (Fsp3) is 0.273. The lowest BCUT2D eigenvalue weighted by Gasteiger charge is -2.17. The van der Waals surface area contributed by atoms with Crippen LogP contribution in [0.2, 0.25) is 0 Å². The summed E-state index contributed by atoms with van der Waals surface area (Å²) in [5.41, 5.74) is 13.1. The zero-order valence-corrected chi connectivity index (χ0v) is 17.3. The number of nitrogens with one attached hydrogen (secondary N) is 1. The van der Waals surface area contributed by atoms with E-state index in [2.05, 4.69) is 15.3 Å². The molecule has 3 aromatic rings. The molecule has 0 saturated carbocycles. The third-order valence-electron chi connectivity index (χ3n) is 4.77. The van der Waals surface area contributed by atoms with Gasteiger partial charge in [0.15, 0.2) is 11.8 Å². The van der Waals surface area contributed by atoms with Crippen LogP contribution in [-0.2, 0) is 18.4 Å². The van der Waals surface area contributed by atoms with Gasteiger partial charge in [-0.2, -0.15) is 0 Å². The third kappa shape index (κ3) is 5.81. The van der Waals surface area contributed by atoms with Crippen LogP contribution < -0.4 is 16.8 Å². The molecule has 0 spiro atoms. The summed E-state index contributed by atoms with van der Waals surface area (Å²) in [5, 5.41) is 2.67. The number of carbonyl (C=O) groups is 2. The highest BCUT2D eigenvalue weighted by atomic mass is 16.5. The van der Waals surface area contributed by atoms with E-state index in [0.717, 1.165) is 11.1 Å². The maximum absolute atomic E-state index is 13.2. The van der Waals surface area contributed by atoms with Gasteiger partial charge in [-0.3, -0.25) is 9.79 Å². The highest BCUT2D eigenvalue weighted by Crippen LogP contribution is 2.17. The zero-order chi connectivity index (χ0) is 22.2. The number of alkyl carbamates (subject to hydrolysis) is 1. The summed E-state index contributed by atoms with van der Waals surface area (Å²) < 4.78 is 7.00. The minimum Gasteiger partial charge on any atom is -0.445 e. The molecule has 0 saturated heterocycles. The topological polar surface area (TPSA) is 138 Å². The number of aryl methyl sites for hydroxylation is 1. The minimum absolute atomic E-state index is 0.0199. The van der Waals surface area contributed by atoms with Crippen molar-refractivity contribution in [3.05, 3.63) is 66.0 Å². The Morgan fingerprint density at radius 2 is 1.84 bits per heavy atom. The first-order valence-corrected chi connectivity index (χ1v) is 9.94. The highest BCUT2D eigenvalue weighted by molar-refractivity contribution is 6.01. The molecule has 0 radical (unpaired) electrons. The molecular formula is C22H26N6O3. The fourth-order valence-electron chi connectivity index (χ4n) is 3.20. The molecule has 1 heterocycles. The number of fused-ring (bicyclic) bond motifs is 1. The van der Waals surface area contributed by atoms with E-state index >= 15 is 0 Å². The van der Waals surface area contributed by atoms with Crippen LogP contribution in [0.25, 0.3) is 11.0 Å². The molecule has 0 unspecified atom stereocenters. The van der Waals surface area contributed by atoms with Crippen LogP contribution in [-0.4, -0.2) is 40.0 Å². The molecule has 0 fully saturated rings. The number of hydrogen-bond donors (Lipinski definition) is 3. The molecule has 9 heteroatoms. The van der Waals surface area contributed by atoms with Crippen LogP contribution in [0, 0.1) is 0 Å². The first kappa shape index (κ1) is 21.8. The Kier molecular flexibility index (Phi) is 7.21. The van der Waals surface area contributed by atoms with Gasteiger partial charge in [-0.15, -0.1) is 0 Å². The lowest BCUT2D eigenvalue weighted by Crippen LogP contribution is -2.42. The quantitative estimate of drug-likeness (QED) is 0.209. The van der Waals surface area contributed by atoms with Gasteiger partial charge in [0.1, 0.15) is 6.61 Å². The number of ether oxygens (including phenoxy) is 1.